The highest BCUT2D eigenvalue weighted by atomic mass is 15.2. The minimum atomic E-state index is 0.346. The summed E-state index contributed by atoms with van der Waals surface area (Å²) >= 11 is 0. The van der Waals surface area contributed by atoms with Gasteiger partial charge in [0.15, 0.2) is 0 Å². The predicted octanol–water partition coefficient (Wildman–Crippen LogP) is 5.48. The van der Waals surface area contributed by atoms with Crippen LogP contribution in [0.1, 0.15) is 35.6 Å². The van der Waals surface area contributed by atoms with Gasteiger partial charge in [-0.05, 0) is 42.5 Å². The Hall–Kier alpha value is -2.38. The molecule has 1 heterocycles. The van der Waals surface area contributed by atoms with Crippen molar-refractivity contribution in [2.24, 2.45) is 0 Å². The van der Waals surface area contributed by atoms with E-state index in [2.05, 4.69) is 95.9 Å². The summed E-state index contributed by atoms with van der Waals surface area (Å²) in [5, 5.41) is 0. The molecule has 1 atom stereocenters. The second kappa shape index (κ2) is 7.67. The number of nitrogens with zero attached hydrogens (tertiary/aromatic N) is 1. The second-order valence-electron chi connectivity index (χ2n) is 6.95. The van der Waals surface area contributed by atoms with Crippen LogP contribution in [0.15, 0.2) is 91.0 Å². The number of hydrogen-bond acceptors (Lipinski definition) is 1. The Morgan fingerprint density at radius 2 is 1.24 bits per heavy atom. The van der Waals surface area contributed by atoms with Crippen LogP contribution in [0.4, 0.5) is 0 Å². The average Bonchev–Trinajstić information content (AvgIpc) is 3.12. The first-order valence-corrected chi connectivity index (χ1v) is 9.31. The van der Waals surface area contributed by atoms with Crippen molar-refractivity contribution in [3.8, 4) is 0 Å². The minimum Gasteiger partial charge on any atom is -0.289 e. The van der Waals surface area contributed by atoms with Crippen LogP contribution in [0.2, 0.25) is 0 Å². The molecular formula is C24H25N. The fourth-order valence-corrected chi connectivity index (χ4v) is 4.15. The van der Waals surface area contributed by atoms with Crippen molar-refractivity contribution in [3.63, 3.8) is 0 Å². The monoisotopic (exact) mass is 327 g/mol. The lowest BCUT2D eigenvalue weighted by Crippen LogP contribution is -2.35. The summed E-state index contributed by atoms with van der Waals surface area (Å²) in [6.45, 7) is 1.17. The lowest BCUT2D eigenvalue weighted by molar-refractivity contribution is 0.205. The summed E-state index contributed by atoms with van der Waals surface area (Å²) in [6, 6.07) is 33.8. The lowest BCUT2D eigenvalue weighted by Gasteiger charge is -2.34. The largest absolute Gasteiger partial charge is 0.289 e. The van der Waals surface area contributed by atoms with E-state index in [0.29, 0.717) is 12.1 Å². The Kier molecular flexibility index (Phi) is 4.94. The first-order valence-electron chi connectivity index (χ1n) is 9.31. The fraction of sp³-hybridized carbons (Fsp3) is 0.250. The van der Waals surface area contributed by atoms with Crippen molar-refractivity contribution < 1.29 is 0 Å². The molecule has 0 amide bonds. The number of likely N-dealkylation sites (tertiary alicyclic amines) is 1. The van der Waals surface area contributed by atoms with Crippen LogP contribution in [0.25, 0.3) is 0 Å². The van der Waals surface area contributed by atoms with Gasteiger partial charge >= 0.3 is 0 Å². The van der Waals surface area contributed by atoms with Crippen LogP contribution >= 0.6 is 0 Å². The van der Waals surface area contributed by atoms with Crippen LogP contribution in [0.3, 0.4) is 0 Å². The van der Waals surface area contributed by atoms with E-state index < -0.39 is 0 Å². The minimum absolute atomic E-state index is 0.346. The van der Waals surface area contributed by atoms with E-state index in [-0.39, 0.29) is 0 Å². The molecule has 3 aromatic rings. The van der Waals surface area contributed by atoms with Crippen molar-refractivity contribution in [1.82, 2.24) is 4.90 Å². The highest BCUT2D eigenvalue weighted by Crippen LogP contribution is 2.35. The normalized spacial score (nSPS) is 17.9. The molecule has 1 fully saturated rings. The molecule has 0 aromatic heterocycles. The maximum atomic E-state index is 2.72. The van der Waals surface area contributed by atoms with E-state index >= 15 is 0 Å². The molecule has 3 aromatic carbocycles. The second-order valence-corrected chi connectivity index (χ2v) is 6.95. The molecule has 126 valence electrons. The molecule has 0 radical (unpaired) electrons. The van der Waals surface area contributed by atoms with Gasteiger partial charge in [0.25, 0.3) is 0 Å². The van der Waals surface area contributed by atoms with Gasteiger partial charge in [-0.3, -0.25) is 4.90 Å². The Morgan fingerprint density at radius 1 is 0.720 bits per heavy atom. The smallest absolute Gasteiger partial charge is 0.0604 e. The molecule has 4 rings (SSSR count). The van der Waals surface area contributed by atoms with Gasteiger partial charge in [-0.2, -0.15) is 0 Å². The zero-order valence-electron chi connectivity index (χ0n) is 14.6. The van der Waals surface area contributed by atoms with Crippen LogP contribution in [0, 0.1) is 0 Å². The van der Waals surface area contributed by atoms with Crippen LogP contribution in [0.5, 0.6) is 0 Å². The molecule has 0 saturated carbocycles. The van der Waals surface area contributed by atoms with Crippen molar-refractivity contribution >= 4 is 0 Å². The number of hydrogen-bond donors (Lipinski definition) is 0. The average molecular weight is 327 g/mol. The zero-order valence-corrected chi connectivity index (χ0v) is 14.6. The molecule has 1 unspecified atom stereocenters. The quantitative estimate of drug-likeness (QED) is 0.599. The number of benzene rings is 3. The van der Waals surface area contributed by atoms with Gasteiger partial charge in [0.1, 0.15) is 0 Å². The maximum absolute atomic E-state index is 2.72. The molecular weight excluding hydrogens is 302 g/mol. The molecule has 0 spiro atoms. The third-order valence-corrected chi connectivity index (χ3v) is 5.30. The van der Waals surface area contributed by atoms with Gasteiger partial charge in [0.05, 0.1) is 6.04 Å². The molecule has 0 N–H and O–H groups in total. The Labute approximate surface area is 150 Å². The molecule has 1 nitrogen and oxygen atoms in total. The molecule has 0 bridgehead atoms. The van der Waals surface area contributed by atoms with Gasteiger partial charge in [-0.15, -0.1) is 0 Å². The standard InChI is InChI=1S/C24H25N/c1-4-11-20(12-5-1)19-23-17-10-18-25(23)24(21-13-6-2-7-14-21)22-15-8-3-9-16-22/h1-9,11-16,23-24H,10,17-19H2. The lowest BCUT2D eigenvalue weighted by atomic mass is 9.95. The van der Waals surface area contributed by atoms with Gasteiger partial charge in [-0.1, -0.05) is 91.0 Å². The SMILES string of the molecule is c1ccc(CC2CCCN2C(c2ccccc2)c2ccccc2)cc1. The third-order valence-electron chi connectivity index (χ3n) is 5.30. The van der Waals surface area contributed by atoms with E-state index in [0.717, 1.165) is 6.42 Å². The van der Waals surface area contributed by atoms with E-state index in [4.69, 9.17) is 0 Å². The Morgan fingerprint density at radius 3 is 1.80 bits per heavy atom. The van der Waals surface area contributed by atoms with E-state index in [1.54, 1.807) is 0 Å². The van der Waals surface area contributed by atoms with E-state index in [1.807, 2.05) is 0 Å². The van der Waals surface area contributed by atoms with Crippen molar-refractivity contribution in [2.45, 2.75) is 31.3 Å². The van der Waals surface area contributed by atoms with E-state index in [1.165, 1.54) is 36.1 Å². The molecule has 1 saturated heterocycles. The van der Waals surface area contributed by atoms with Gasteiger partial charge < -0.3 is 0 Å². The summed E-state index contributed by atoms with van der Waals surface area (Å²) in [7, 11) is 0. The highest BCUT2D eigenvalue weighted by Gasteiger charge is 2.32. The molecule has 1 heteroatoms. The van der Waals surface area contributed by atoms with Gasteiger partial charge in [-0.25, -0.2) is 0 Å². The summed E-state index contributed by atoms with van der Waals surface area (Å²) in [6.07, 6.45) is 3.70. The Bertz CT molecular complexity index is 727. The summed E-state index contributed by atoms with van der Waals surface area (Å²) in [4.78, 5) is 2.72. The van der Waals surface area contributed by atoms with Gasteiger partial charge in [0, 0.05) is 6.04 Å². The highest BCUT2D eigenvalue weighted by molar-refractivity contribution is 5.32. The van der Waals surface area contributed by atoms with Crippen LogP contribution < -0.4 is 0 Å². The van der Waals surface area contributed by atoms with Gasteiger partial charge in [0.2, 0.25) is 0 Å². The molecule has 25 heavy (non-hydrogen) atoms. The van der Waals surface area contributed by atoms with Crippen LogP contribution in [-0.2, 0) is 6.42 Å². The van der Waals surface area contributed by atoms with Crippen LogP contribution in [-0.4, -0.2) is 17.5 Å². The molecule has 1 aliphatic rings. The summed E-state index contributed by atoms with van der Waals surface area (Å²) < 4.78 is 0. The molecule has 1 aliphatic heterocycles. The fourth-order valence-electron chi connectivity index (χ4n) is 4.15. The molecule has 0 aliphatic carbocycles. The topological polar surface area (TPSA) is 3.24 Å². The van der Waals surface area contributed by atoms with Crippen molar-refractivity contribution in [1.29, 1.82) is 0 Å². The van der Waals surface area contributed by atoms with Crippen molar-refractivity contribution in [3.05, 3.63) is 108 Å². The first kappa shape index (κ1) is 16.1. The number of rotatable bonds is 5. The predicted molar refractivity (Wildman–Crippen MR) is 105 cm³/mol. The Balaban J connectivity index is 1.66. The summed E-state index contributed by atoms with van der Waals surface area (Å²) in [5.74, 6) is 0. The summed E-state index contributed by atoms with van der Waals surface area (Å²) in [5.41, 5.74) is 4.24. The third kappa shape index (κ3) is 3.67. The zero-order chi connectivity index (χ0) is 16.9. The first-order chi connectivity index (χ1) is 12.4. The van der Waals surface area contributed by atoms with E-state index in [9.17, 15) is 0 Å². The van der Waals surface area contributed by atoms with Crippen molar-refractivity contribution in [2.75, 3.05) is 6.54 Å². The maximum Gasteiger partial charge on any atom is 0.0604 e.